The van der Waals surface area contributed by atoms with Gasteiger partial charge in [-0.05, 0) is 51.6 Å². The summed E-state index contributed by atoms with van der Waals surface area (Å²) in [4.78, 5) is 7.94. The number of aliphatic hydroxyl groups excluding tert-OH is 1. The van der Waals surface area contributed by atoms with Crippen LogP contribution in [0.5, 0.6) is 0 Å². The van der Waals surface area contributed by atoms with Crippen molar-refractivity contribution in [2.45, 2.75) is 72.0 Å². The molecule has 2 heterocycles. The van der Waals surface area contributed by atoms with Gasteiger partial charge >= 0.3 is 0 Å². The molecule has 2 fully saturated rings. The predicted molar refractivity (Wildman–Crippen MR) is 97.8 cm³/mol. The van der Waals surface area contributed by atoms with Crippen molar-refractivity contribution in [1.29, 1.82) is 0 Å². The zero-order valence-electron chi connectivity index (χ0n) is 16.1. The summed E-state index contributed by atoms with van der Waals surface area (Å²) in [6, 6.07) is 1.93. The van der Waals surface area contributed by atoms with Crippen molar-refractivity contribution in [3.63, 3.8) is 0 Å². The van der Waals surface area contributed by atoms with Crippen LogP contribution >= 0.6 is 0 Å². The summed E-state index contributed by atoms with van der Waals surface area (Å²) in [7, 11) is 0. The van der Waals surface area contributed by atoms with Crippen molar-refractivity contribution < 1.29 is 5.11 Å². The molecule has 0 amide bonds. The van der Waals surface area contributed by atoms with Gasteiger partial charge in [0.1, 0.15) is 0 Å². The molecular weight excluding hydrogens is 286 g/mol. The Morgan fingerprint density at radius 3 is 2.22 bits per heavy atom. The van der Waals surface area contributed by atoms with Crippen molar-refractivity contribution in [2.75, 3.05) is 45.9 Å². The molecule has 2 aliphatic rings. The molecule has 4 heteroatoms. The van der Waals surface area contributed by atoms with Gasteiger partial charge in [0, 0.05) is 50.9 Å². The highest BCUT2D eigenvalue weighted by atomic mass is 16.3. The van der Waals surface area contributed by atoms with Crippen LogP contribution in [-0.4, -0.2) is 83.8 Å². The third kappa shape index (κ3) is 5.70. The fraction of sp³-hybridized carbons (Fsp3) is 1.00. The first-order chi connectivity index (χ1) is 10.8. The molecule has 0 bridgehead atoms. The largest absolute Gasteiger partial charge is 0.396 e. The second kappa shape index (κ2) is 8.28. The quantitative estimate of drug-likeness (QED) is 0.840. The Balaban J connectivity index is 1.91. The van der Waals surface area contributed by atoms with Crippen LogP contribution in [0.25, 0.3) is 0 Å². The lowest BCUT2D eigenvalue weighted by Crippen LogP contribution is -2.59. The van der Waals surface area contributed by atoms with E-state index < -0.39 is 0 Å². The van der Waals surface area contributed by atoms with E-state index in [2.05, 4.69) is 49.3 Å². The Bertz CT molecular complexity index is 345. The van der Waals surface area contributed by atoms with E-state index in [1.807, 2.05) is 0 Å². The lowest BCUT2D eigenvalue weighted by Gasteiger charge is -2.49. The number of rotatable bonds is 5. The van der Waals surface area contributed by atoms with Gasteiger partial charge in [0.15, 0.2) is 0 Å². The van der Waals surface area contributed by atoms with E-state index in [9.17, 15) is 5.11 Å². The Hall–Kier alpha value is -0.160. The van der Waals surface area contributed by atoms with Crippen molar-refractivity contribution in [2.24, 2.45) is 5.41 Å². The molecule has 1 N–H and O–H groups in total. The van der Waals surface area contributed by atoms with Crippen molar-refractivity contribution in [1.82, 2.24) is 14.7 Å². The highest BCUT2D eigenvalue weighted by Crippen LogP contribution is 2.25. The lowest BCUT2D eigenvalue weighted by molar-refractivity contribution is -0.00574. The number of piperidine rings is 1. The first kappa shape index (κ1) is 19.2. The summed E-state index contributed by atoms with van der Waals surface area (Å²) in [5.74, 6) is 0. The third-order valence-electron chi connectivity index (χ3n) is 5.47. The van der Waals surface area contributed by atoms with Gasteiger partial charge in [-0.15, -0.1) is 0 Å². The molecule has 2 rings (SSSR count). The van der Waals surface area contributed by atoms with Crippen LogP contribution in [0.2, 0.25) is 0 Å². The Kier molecular flexibility index (Phi) is 6.90. The predicted octanol–water partition coefficient (Wildman–Crippen LogP) is 2.27. The maximum Gasteiger partial charge on any atom is 0.0446 e. The van der Waals surface area contributed by atoms with Crippen LogP contribution in [0.4, 0.5) is 0 Å². The van der Waals surface area contributed by atoms with Crippen LogP contribution in [0.15, 0.2) is 0 Å². The van der Waals surface area contributed by atoms with Crippen molar-refractivity contribution in [3.05, 3.63) is 0 Å². The van der Waals surface area contributed by atoms with Gasteiger partial charge in [-0.1, -0.05) is 20.8 Å². The molecular formula is C19H39N3O. The van der Waals surface area contributed by atoms with Crippen molar-refractivity contribution >= 4 is 0 Å². The molecule has 1 atom stereocenters. The molecule has 0 radical (unpaired) electrons. The number of hydrogen-bond donors (Lipinski definition) is 1. The summed E-state index contributed by atoms with van der Waals surface area (Å²) in [6.45, 7) is 19.0. The highest BCUT2D eigenvalue weighted by Gasteiger charge is 2.34. The monoisotopic (exact) mass is 325 g/mol. The standard InChI is InChI=1S/C19H39N3O/c1-16(2)21-9-6-17(7-10-21)22-12-11-20(15-19(3,4)5)14-18(22)8-13-23/h16-18,23H,6-15H2,1-5H3. The molecule has 0 saturated carbocycles. The smallest absolute Gasteiger partial charge is 0.0446 e. The van der Waals surface area contributed by atoms with Gasteiger partial charge < -0.3 is 10.0 Å². The van der Waals surface area contributed by atoms with E-state index in [-0.39, 0.29) is 0 Å². The minimum Gasteiger partial charge on any atom is -0.396 e. The van der Waals surface area contributed by atoms with E-state index in [1.54, 1.807) is 0 Å². The van der Waals surface area contributed by atoms with Crippen LogP contribution in [0.1, 0.15) is 53.9 Å². The first-order valence-corrected chi connectivity index (χ1v) is 9.63. The zero-order valence-corrected chi connectivity index (χ0v) is 16.1. The average Bonchev–Trinajstić information content (AvgIpc) is 2.46. The normalized spacial score (nSPS) is 27.0. The fourth-order valence-electron chi connectivity index (χ4n) is 4.37. The van der Waals surface area contributed by atoms with E-state index in [4.69, 9.17) is 0 Å². The van der Waals surface area contributed by atoms with Crippen LogP contribution in [-0.2, 0) is 0 Å². The summed E-state index contributed by atoms with van der Waals surface area (Å²) in [6.07, 6.45) is 3.50. The summed E-state index contributed by atoms with van der Waals surface area (Å²) in [5, 5.41) is 9.51. The first-order valence-electron chi connectivity index (χ1n) is 9.63. The number of likely N-dealkylation sites (tertiary alicyclic amines) is 1. The molecule has 4 nitrogen and oxygen atoms in total. The zero-order chi connectivity index (χ0) is 17.0. The minimum absolute atomic E-state index is 0.315. The second-order valence-electron chi connectivity index (χ2n) is 9.06. The van der Waals surface area contributed by atoms with Gasteiger partial charge in [-0.25, -0.2) is 0 Å². The maximum absolute atomic E-state index is 9.51. The van der Waals surface area contributed by atoms with Crippen LogP contribution in [0.3, 0.4) is 0 Å². The van der Waals surface area contributed by atoms with Gasteiger partial charge in [0.2, 0.25) is 0 Å². The minimum atomic E-state index is 0.315. The van der Waals surface area contributed by atoms with Crippen LogP contribution < -0.4 is 0 Å². The topological polar surface area (TPSA) is 30.0 Å². The van der Waals surface area contributed by atoms with Gasteiger partial charge in [-0.2, -0.15) is 0 Å². The number of piperazine rings is 1. The molecule has 136 valence electrons. The van der Waals surface area contributed by atoms with E-state index in [0.717, 1.165) is 25.6 Å². The molecule has 23 heavy (non-hydrogen) atoms. The fourth-order valence-corrected chi connectivity index (χ4v) is 4.37. The van der Waals surface area contributed by atoms with E-state index in [0.29, 0.717) is 24.1 Å². The van der Waals surface area contributed by atoms with Gasteiger partial charge in [-0.3, -0.25) is 9.80 Å². The molecule has 0 aromatic heterocycles. The average molecular weight is 326 g/mol. The van der Waals surface area contributed by atoms with E-state index in [1.165, 1.54) is 39.0 Å². The molecule has 0 aromatic rings. The Morgan fingerprint density at radius 1 is 1.04 bits per heavy atom. The molecule has 2 aliphatic heterocycles. The second-order valence-corrected chi connectivity index (χ2v) is 9.06. The molecule has 0 aliphatic carbocycles. The third-order valence-corrected chi connectivity index (χ3v) is 5.47. The summed E-state index contributed by atoms with van der Waals surface area (Å²) in [5.41, 5.74) is 0.356. The number of aliphatic hydroxyl groups is 1. The highest BCUT2D eigenvalue weighted by molar-refractivity contribution is 4.90. The van der Waals surface area contributed by atoms with Crippen molar-refractivity contribution in [3.8, 4) is 0 Å². The van der Waals surface area contributed by atoms with Gasteiger partial charge in [0.05, 0.1) is 0 Å². The molecule has 0 aromatic carbocycles. The number of nitrogens with zero attached hydrogens (tertiary/aromatic N) is 3. The lowest BCUT2D eigenvalue weighted by atomic mass is 9.93. The molecule has 2 saturated heterocycles. The van der Waals surface area contributed by atoms with Gasteiger partial charge in [0.25, 0.3) is 0 Å². The molecule has 0 spiro atoms. The summed E-state index contributed by atoms with van der Waals surface area (Å²) < 4.78 is 0. The number of hydrogen-bond acceptors (Lipinski definition) is 4. The van der Waals surface area contributed by atoms with E-state index >= 15 is 0 Å². The molecule has 1 unspecified atom stereocenters. The Labute approximate surface area is 143 Å². The SMILES string of the molecule is CC(C)N1CCC(N2CCN(CC(C)(C)C)CC2CCO)CC1. The Morgan fingerprint density at radius 2 is 1.70 bits per heavy atom. The maximum atomic E-state index is 9.51. The summed E-state index contributed by atoms with van der Waals surface area (Å²) >= 11 is 0. The van der Waals surface area contributed by atoms with Crippen LogP contribution in [0, 0.1) is 5.41 Å².